The maximum atomic E-state index is 12.4. The molecule has 2 aliphatic heterocycles. The molecule has 3 heterocycles. The van der Waals surface area contributed by atoms with E-state index in [0.29, 0.717) is 38.7 Å². The minimum absolute atomic E-state index is 0.00741. The van der Waals surface area contributed by atoms with Crippen molar-refractivity contribution < 1.29 is 14.3 Å². The van der Waals surface area contributed by atoms with Crippen molar-refractivity contribution in [2.24, 2.45) is 0 Å². The first-order valence-corrected chi connectivity index (χ1v) is 7.31. The summed E-state index contributed by atoms with van der Waals surface area (Å²) in [6.07, 6.45) is 0.818. The molecular weight excluding hydrogens is 272 g/mol. The molecule has 2 saturated heterocycles. The molecule has 0 aliphatic carbocycles. The molecule has 114 valence electrons. The van der Waals surface area contributed by atoms with Gasteiger partial charge in [-0.1, -0.05) is 0 Å². The largest absolute Gasteiger partial charge is 0.471 e. The molecular formula is C14H20N4O3. The number of ether oxygens (including phenoxy) is 2. The van der Waals surface area contributed by atoms with Crippen molar-refractivity contribution in [3.05, 3.63) is 17.8 Å². The van der Waals surface area contributed by atoms with Gasteiger partial charge in [0.1, 0.15) is 6.10 Å². The van der Waals surface area contributed by atoms with Gasteiger partial charge in [-0.2, -0.15) is 5.10 Å². The number of hydrogen-bond donors (Lipinski definition) is 0. The van der Waals surface area contributed by atoms with Gasteiger partial charge in [0, 0.05) is 32.1 Å². The molecule has 0 spiro atoms. The molecule has 1 aromatic rings. The lowest BCUT2D eigenvalue weighted by molar-refractivity contribution is 0.0443. The molecule has 0 bridgehead atoms. The molecule has 21 heavy (non-hydrogen) atoms. The topological polar surface area (TPSA) is 67.8 Å². The summed E-state index contributed by atoms with van der Waals surface area (Å²) in [5, 5.41) is 7.97. The Balaban J connectivity index is 1.52. The number of carbonyl (C=O) groups is 1. The summed E-state index contributed by atoms with van der Waals surface area (Å²) in [6, 6.07) is 3.77. The molecule has 7 nitrogen and oxygen atoms in total. The second kappa shape index (κ2) is 6.26. The number of carbonyl (C=O) groups excluding carboxylic acids is 1. The van der Waals surface area contributed by atoms with Crippen LogP contribution < -0.4 is 4.74 Å². The van der Waals surface area contributed by atoms with Crippen LogP contribution in [0.5, 0.6) is 5.88 Å². The van der Waals surface area contributed by atoms with Crippen LogP contribution in [0.15, 0.2) is 12.1 Å². The van der Waals surface area contributed by atoms with E-state index in [0.717, 1.165) is 18.7 Å². The number of amides is 2. The molecule has 1 atom stereocenters. The first kappa shape index (κ1) is 14.1. The van der Waals surface area contributed by atoms with E-state index in [9.17, 15) is 4.79 Å². The van der Waals surface area contributed by atoms with Crippen molar-refractivity contribution in [3.63, 3.8) is 0 Å². The fourth-order valence-electron chi connectivity index (χ4n) is 2.57. The number of morpholine rings is 1. The van der Waals surface area contributed by atoms with E-state index in [1.165, 1.54) is 0 Å². The third kappa shape index (κ3) is 3.41. The maximum Gasteiger partial charge on any atom is 0.320 e. The normalized spacial score (nSPS) is 22.4. The Kier molecular flexibility index (Phi) is 4.19. The zero-order chi connectivity index (χ0) is 14.7. The molecule has 2 aliphatic rings. The van der Waals surface area contributed by atoms with Gasteiger partial charge in [-0.3, -0.25) is 0 Å². The molecule has 1 aromatic heterocycles. The van der Waals surface area contributed by atoms with Crippen LogP contribution in [0.25, 0.3) is 0 Å². The SMILES string of the molecule is Cc1ccc(O[C@@H]2CCN(C(=O)N3CCOCC3)C2)nn1. The Morgan fingerprint density at radius 2 is 2.05 bits per heavy atom. The summed E-state index contributed by atoms with van der Waals surface area (Å²) in [5.41, 5.74) is 0.859. The fourth-order valence-corrected chi connectivity index (χ4v) is 2.57. The maximum absolute atomic E-state index is 12.4. The minimum atomic E-state index is -0.00741. The van der Waals surface area contributed by atoms with Crippen molar-refractivity contribution in [2.75, 3.05) is 39.4 Å². The van der Waals surface area contributed by atoms with Crippen molar-refractivity contribution in [2.45, 2.75) is 19.4 Å². The van der Waals surface area contributed by atoms with E-state index in [2.05, 4.69) is 10.2 Å². The monoisotopic (exact) mass is 292 g/mol. The van der Waals surface area contributed by atoms with E-state index < -0.39 is 0 Å². The number of nitrogens with zero attached hydrogens (tertiary/aromatic N) is 4. The van der Waals surface area contributed by atoms with Gasteiger partial charge in [-0.15, -0.1) is 5.10 Å². The molecule has 2 amide bonds. The summed E-state index contributed by atoms with van der Waals surface area (Å²) in [4.78, 5) is 16.0. The molecule has 0 unspecified atom stereocenters. The van der Waals surface area contributed by atoms with Crippen LogP contribution in [0.1, 0.15) is 12.1 Å². The summed E-state index contributed by atoms with van der Waals surface area (Å²) in [6.45, 7) is 5.80. The van der Waals surface area contributed by atoms with Crippen LogP contribution in [0.3, 0.4) is 0 Å². The Bertz CT molecular complexity index is 487. The number of rotatable bonds is 2. The Morgan fingerprint density at radius 1 is 1.24 bits per heavy atom. The first-order chi connectivity index (χ1) is 10.2. The molecule has 7 heteroatoms. The van der Waals surface area contributed by atoms with Crippen LogP contribution in [0.4, 0.5) is 4.79 Å². The van der Waals surface area contributed by atoms with Gasteiger partial charge in [-0.05, 0) is 13.0 Å². The zero-order valence-corrected chi connectivity index (χ0v) is 12.2. The predicted octanol–water partition coefficient (Wildman–Crippen LogP) is 0.690. The number of aryl methyl sites for hydroxylation is 1. The smallest absolute Gasteiger partial charge is 0.320 e. The van der Waals surface area contributed by atoms with Crippen LogP contribution in [0.2, 0.25) is 0 Å². The van der Waals surface area contributed by atoms with Crippen LogP contribution in [-0.4, -0.2) is 71.5 Å². The lowest BCUT2D eigenvalue weighted by Crippen LogP contribution is -2.47. The number of likely N-dealkylation sites (tertiary alicyclic amines) is 1. The molecule has 2 fully saturated rings. The van der Waals surface area contributed by atoms with Crippen molar-refractivity contribution in [1.82, 2.24) is 20.0 Å². The standard InChI is InChI=1S/C14H20N4O3/c1-11-2-3-13(16-15-11)21-12-4-5-18(10-12)14(19)17-6-8-20-9-7-17/h2-3,12H,4-10H2,1H3/t12-/m1/s1. The van der Waals surface area contributed by atoms with Gasteiger partial charge in [0.2, 0.25) is 5.88 Å². The summed E-state index contributed by atoms with van der Waals surface area (Å²) < 4.78 is 11.1. The molecule has 3 rings (SSSR count). The number of aromatic nitrogens is 2. The minimum Gasteiger partial charge on any atom is -0.471 e. The van der Waals surface area contributed by atoms with E-state index in [4.69, 9.17) is 9.47 Å². The van der Waals surface area contributed by atoms with Crippen molar-refractivity contribution in [1.29, 1.82) is 0 Å². The fraction of sp³-hybridized carbons (Fsp3) is 0.643. The molecule has 0 N–H and O–H groups in total. The van der Waals surface area contributed by atoms with Crippen LogP contribution >= 0.6 is 0 Å². The van der Waals surface area contributed by atoms with Gasteiger partial charge in [0.15, 0.2) is 0 Å². The lowest BCUT2D eigenvalue weighted by Gasteiger charge is -2.30. The highest BCUT2D eigenvalue weighted by atomic mass is 16.5. The van der Waals surface area contributed by atoms with Gasteiger partial charge in [-0.25, -0.2) is 4.79 Å². The highest BCUT2D eigenvalue weighted by molar-refractivity contribution is 5.74. The van der Waals surface area contributed by atoms with Gasteiger partial charge in [0.25, 0.3) is 0 Å². The van der Waals surface area contributed by atoms with E-state index >= 15 is 0 Å². The average Bonchev–Trinajstić information content (AvgIpc) is 2.98. The summed E-state index contributed by atoms with van der Waals surface area (Å²) >= 11 is 0. The van der Waals surface area contributed by atoms with E-state index in [-0.39, 0.29) is 12.1 Å². The summed E-state index contributed by atoms with van der Waals surface area (Å²) in [5.74, 6) is 0.520. The number of urea groups is 1. The third-order valence-corrected chi connectivity index (χ3v) is 3.76. The van der Waals surface area contributed by atoms with Crippen LogP contribution in [0, 0.1) is 6.92 Å². The van der Waals surface area contributed by atoms with E-state index in [1.807, 2.05) is 28.9 Å². The highest BCUT2D eigenvalue weighted by Crippen LogP contribution is 2.17. The van der Waals surface area contributed by atoms with Gasteiger partial charge < -0.3 is 19.3 Å². The zero-order valence-electron chi connectivity index (χ0n) is 12.2. The highest BCUT2D eigenvalue weighted by Gasteiger charge is 2.31. The van der Waals surface area contributed by atoms with Crippen LogP contribution in [-0.2, 0) is 4.74 Å². The summed E-state index contributed by atoms with van der Waals surface area (Å²) in [7, 11) is 0. The van der Waals surface area contributed by atoms with Gasteiger partial charge in [0.05, 0.1) is 25.5 Å². The number of hydrogen-bond acceptors (Lipinski definition) is 5. The Morgan fingerprint density at radius 3 is 2.76 bits per heavy atom. The van der Waals surface area contributed by atoms with Crippen molar-refractivity contribution >= 4 is 6.03 Å². The second-order valence-corrected chi connectivity index (χ2v) is 5.37. The first-order valence-electron chi connectivity index (χ1n) is 7.31. The molecule has 0 aromatic carbocycles. The predicted molar refractivity (Wildman–Crippen MR) is 75.2 cm³/mol. The molecule has 0 saturated carbocycles. The van der Waals surface area contributed by atoms with E-state index in [1.54, 1.807) is 0 Å². The average molecular weight is 292 g/mol. The Hall–Kier alpha value is -1.89. The van der Waals surface area contributed by atoms with Crippen molar-refractivity contribution in [3.8, 4) is 5.88 Å². The Labute approximate surface area is 123 Å². The second-order valence-electron chi connectivity index (χ2n) is 5.37. The third-order valence-electron chi connectivity index (χ3n) is 3.76. The molecule has 0 radical (unpaired) electrons. The lowest BCUT2D eigenvalue weighted by atomic mass is 10.3. The quantitative estimate of drug-likeness (QED) is 0.802. The van der Waals surface area contributed by atoms with Gasteiger partial charge >= 0.3 is 6.03 Å².